The van der Waals surface area contributed by atoms with E-state index in [4.69, 9.17) is 20.6 Å². The van der Waals surface area contributed by atoms with Gasteiger partial charge >= 0.3 is 0 Å². The van der Waals surface area contributed by atoms with Crippen LogP contribution in [0.25, 0.3) is 33.3 Å². The standard InChI is InChI=1S/C30H34N8O/c1-36-25-12-7-21(18-24(25)34-26(36)17-20-5-3-2-4-6-20)28-27-29(31)32-19-33-30(27)38(35-28)23-10-8-22(9-11-23)37-13-15-39-16-14-37/h2-7,12,18-19,22-23H,8-11,13-17H2,1H3,(H2,31,32,33). The largest absolute Gasteiger partial charge is 0.383 e. The topological polar surface area (TPSA) is 99.9 Å². The number of nitrogen functional groups attached to an aromatic ring is 1. The van der Waals surface area contributed by atoms with Crippen molar-refractivity contribution in [3.05, 3.63) is 66.2 Å². The number of aromatic nitrogens is 6. The van der Waals surface area contributed by atoms with Crippen molar-refractivity contribution in [2.75, 3.05) is 32.0 Å². The van der Waals surface area contributed by atoms with E-state index < -0.39 is 0 Å². The summed E-state index contributed by atoms with van der Waals surface area (Å²) in [6, 6.07) is 17.7. The third-order valence-corrected chi connectivity index (χ3v) is 8.54. The quantitative estimate of drug-likeness (QED) is 0.366. The molecule has 1 saturated heterocycles. The summed E-state index contributed by atoms with van der Waals surface area (Å²) in [7, 11) is 2.08. The van der Waals surface area contributed by atoms with E-state index in [0.717, 1.165) is 97.6 Å². The van der Waals surface area contributed by atoms with Crippen molar-refractivity contribution in [3.8, 4) is 11.3 Å². The molecule has 200 valence electrons. The van der Waals surface area contributed by atoms with Gasteiger partial charge in [-0.05, 0) is 43.4 Å². The van der Waals surface area contributed by atoms with Gasteiger partial charge in [0.25, 0.3) is 0 Å². The van der Waals surface area contributed by atoms with Crippen LogP contribution in [-0.4, -0.2) is 66.5 Å². The van der Waals surface area contributed by atoms with Gasteiger partial charge in [0.2, 0.25) is 0 Å². The van der Waals surface area contributed by atoms with Crippen molar-refractivity contribution in [2.45, 2.75) is 44.2 Å². The highest BCUT2D eigenvalue weighted by Crippen LogP contribution is 2.37. The van der Waals surface area contributed by atoms with Crippen molar-refractivity contribution < 1.29 is 4.74 Å². The summed E-state index contributed by atoms with van der Waals surface area (Å²) in [5.41, 5.74) is 12.4. The van der Waals surface area contributed by atoms with Gasteiger partial charge in [-0.25, -0.2) is 19.6 Å². The van der Waals surface area contributed by atoms with Crippen molar-refractivity contribution >= 4 is 27.9 Å². The lowest BCUT2D eigenvalue weighted by Gasteiger charge is -2.38. The molecule has 3 aromatic heterocycles. The number of hydrogen-bond donors (Lipinski definition) is 1. The lowest BCUT2D eigenvalue weighted by molar-refractivity contribution is 0.00520. The Morgan fingerprint density at radius 3 is 2.51 bits per heavy atom. The maximum atomic E-state index is 6.44. The molecule has 1 saturated carbocycles. The first-order chi connectivity index (χ1) is 19.2. The number of ether oxygens (including phenoxy) is 1. The normalized spacial score (nSPS) is 20.6. The molecule has 0 radical (unpaired) electrons. The van der Waals surface area contributed by atoms with Crippen LogP contribution in [0.5, 0.6) is 0 Å². The van der Waals surface area contributed by atoms with Crippen LogP contribution >= 0.6 is 0 Å². The summed E-state index contributed by atoms with van der Waals surface area (Å²) in [5, 5.41) is 5.98. The molecular weight excluding hydrogens is 488 g/mol. The number of aryl methyl sites for hydroxylation is 1. The van der Waals surface area contributed by atoms with Gasteiger partial charge < -0.3 is 15.0 Å². The van der Waals surface area contributed by atoms with Crippen LogP contribution in [0.15, 0.2) is 54.9 Å². The Hall–Kier alpha value is -3.82. The zero-order chi connectivity index (χ0) is 26.3. The van der Waals surface area contributed by atoms with Gasteiger partial charge in [0.05, 0.1) is 35.7 Å². The maximum Gasteiger partial charge on any atom is 0.164 e. The fraction of sp³-hybridized carbons (Fsp3) is 0.400. The Morgan fingerprint density at radius 1 is 0.949 bits per heavy atom. The Balaban J connectivity index is 1.21. The van der Waals surface area contributed by atoms with Crippen LogP contribution in [0.3, 0.4) is 0 Å². The molecule has 2 N–H and O–H groups in total. The maximum absolute atomic E-state index is 6.44. The average Bonchev–Trinajstić information content (AvgIpc) is 3.52. The number of nitrogens with two attached hydrogens (primary N) is 1. The van der Waals surface area contributed by atoms with Gasteiger partial charge in [-0.1, -0.05) is 36.4 Å². The van der Waals surface area contributed by atoms with Gasteiger partial charge in [-0.15, -0.1) is 0 Å². The second kappa shape index (κ2) is 10.1. The van der Waals surface area contributed by atoms with Crippen LogP contribution in [0.4, 0.5) is 5.82 Å². The van der Waals surface area contributed by atoms with E-state index in [0.29, 0.717) is 17.9 Å². The van der Waals surface area contributed by atoms with Crippen LogP contribution in [-0.2, 0) is 18.2 Å². The molecule has 0 bridgehead atoms. The highest BCUT2D eigenvalue weighted by atomic mass is 16.5. The van der Waals surface area contributed by atoms with E-state index in [1.807, 2.05) is 6.07 Å². The van der Waals surface area contributed by atoms with Gasteiger partial charge in [0.15, 0.2) is 5.65 Å². The molecule has 5 aromatic rings. The Morgan fingerprint density at radius 2 is 1.72 bits per heavy atom. The fourth-order valence-corrected chi connectivity index (χ4v) is 6.40. The van der Waals surface area contributed by atoms with Gasteiger partial charge in [-0.2, -0.15) is 5.10 Å². The van der Waals surface area contributed by atoms with E-state index in [1.54, 1.807) is 6.33 Å². The van der Waals surface area contributed by atoms with Crippen LogP contribution in [0.1, 0.15) is 43.1 Å². The monoisotopic (exact) mass is 522 g/mol. The van der Waals surface area contributed by atoms with E-state index in [9.17, 15) is 0 Å². The molecule has 39 heavy (non-hydrogen) atoms. The highest BCUT2D eigenvalue weighted by molar-refractivity contribution is 5.99. The number of rotatable bonds is 5. The second-order valence-corrected chi connectivity index (χ2v) is 10.8. The highest BCUT2D eigenvalue weighted by Gasteiger charge is 2.30. The summed E-state index contributed by atoms with van der Waals surface area (Å²) in [6.45, 7) is 3.77. The molecule has 2 fully saturated rings. The number of nitrogens with zero attached hydrogens (tertiary/aromatic N) is 7. The minimum absolute atomic E-state index is 0.295. The molecule has 0 unspecified atom stereocenters. The first-order valence-corrected chi connectivity index (χ1v) is 14.0. The van der Waals surface area contributed by atoms with Crippen LogP contribution in [0.2, 0.25) is 0 Å². The molecule has 9 heteroatoms. The van der Waals surface area contributed by atoms with Crippen molar-refractivity contribution in [1.82, 2.24) is 34.2 Å². The predicted molar refractivity (Wildman–Crippen MR) is 152 cm³/mol. The van der Waals surface area contributed by atoms with E-state index in [2.05, 4.69) is 73.6 Å². The number of benzene rings is 2. The summed E-state index contributed by atoms with van der Waals surface area (Å²) in [4.78, 5) is 16.6. The number of anilines is 1. The number of fused-ring (bicyclic) bond motifs is 2. The first-order valence-electron chi connectivity index (χ1n) is 14.0. The molecule has 1 aliphatic carbocycles. The molecule has 4 heterocycles. The number of morpholine rings is 1. The lowest BCUT2D eigenvalue weighted by atomic mass is 9.90. The van der Waals surface area contributed by atoms with Gasteiger partial charge in [0.1, 0.15) is 23.7 Å². The zero-order valence-corrected chi connectivity index (χ0v) is 22.3. The van der Waals surface area contributed by atoms with E-state index in [-0.39, 0.29) is 0 Å². The SMILES string of the molecule is Cn1c(Cc2ccccc2)nc2cc(-c3nn(C4CCC(N5CCOCC5)CC4)c4ncnc(N)c34)ccc21. The smallest absolute Gasteiger partial charge is 0.164 e. The zero-order valence-electron chi connectivity index (χ0n) is 22.3. The Bertz CT molecular complexity index is 1610. The summed E-state index contributed by atoms with van der Waals surface area (Å²) in [6.07, 6.45) is 6.80. The summed E-state index contributed by atoms with van der Waals surface area (Å²) in [5.74, 6) is 1.50. The van der Waals surface area contributed by atoms with Crippen molar-refractivity contribution in [1.29, 1.82) is 0 Å². The van der Waals surface area contributed by atoms with E-state index >= 15 is 0 Å². The third kappa shape index (κ3) is 4.45. The number of hydrogen-bond acceptors (Lipinski definition) is 7. The minimum atomic E-state index is 0.295. The summed E-state index contributed by atoms with van der Waals surface area (Å²) >= 11 is 0. The molecule has 9 nitrogen and oxygen atoms in total. The summed E-state index contributed by atoms with van der Waals surface area (Å²) < 4.78 is 9.85. The average molecular weight is 523 g/mol. The lowest BCUT2D eigenvalue weighted by Crippen LogP contribution is -2.45. The molecule has 0 amide bonds. The van der Waals surface area contributed by atoms with E-state index in [1.165, 1.54) is 5.56 Å². The predicted octanol–water partition coefficient (Wildman–Crippen LogP) is 4.37. The molecule has 1 aliphatic heterocycles. The molecule has 0 atom stereocenters. The first kappa shape index (κ1) is 24.2. The molecular formula is C30H34N8O. The van der Waals surface area contributed by atoms with Gasteiger partial charge in [-0.3, -0.25) is 4.90 Å². The number of imidazole rings is 1. The molecule has 0 spiro atoms. The Kier molecular flexibility index (Phi) is 6.25. The molecule has 2 aliphatic rings. The van der Waals surface area contributed by atoms with Crippen molar-refractivity contribution in [3.63, 3.8) is 0 Å². The van der Waals surface area contributed by atoms with Crippen LogP contribution in [0, 0.1) is 0 Å². The third-order valence-electron chi connectivity index (χ3n) is 8.54. The second-order valence-electron chi connectivity index (χ2n) is 10.8. The van der Waals surface area contributed by atoms with Crippen LogP contribution < -0.4 is 5.73 Å². The van der Waals surface area contributed by atoms with Crippen molar-refractivity contribution in [2.24, 2.45) is 7.05 Å². The molecule has 2 aromatic carbocycles. The van der Waals surface area contributed by atoms with Gasteiger partial charge in [0, 0.05) is 38.2 Å². The Labute approximate surface area is 227 Å². The molecule has 7 rings (SSSR count). The minimum Gasteiger partial charge on any atom is -0.383 e. The fourth-order valence-electron chi connectivity index (χ4n) is 6.40.